The summed E-state index contributed by atoms with van der Waals surface area (Å²) >= 11 is 0. The summed E-state index contributed by atoms with van der Waals surface area (Å²) in [6.07, 6.45) is 2.36. The number of piperidine rings is 1. The fourth-order valence-electron chi connectivity index (χ4n) is 1.84. The Morgan fingerprint density at radius 2 is 2.42 bits per heavy atom. The highest BCUT2D eigenvalue weighted by Crippen LogP contribution is 2.20. The van der Waals surface area contributed by atoms with Gasteiger partial charge in [0.25, 0.3) is 0 Å². The van der Waals surface area contributed by atoms with Crippen LogP contribution in [-0.4, -0.2) is 30.6 Å². The third-order valence-corrected chi connectivity index (χ3v) is 2.65. The molecule has 1 aliphatic heterocycles. The van der Waals surface area contributed by atoms with Crippen LogP contribution in [0.4, 0.5) is 0 Å². The van der Waals surface area contributed by atoms with Crippen molar-refractivity contribution in [1.82, 2.24) is 4.90 Å². The molecule has 0 aromatic carbocycles. The molecule has 1 saturated heterocycles. The quantitative estimate of drug-likeness (QED) is 0.612. The third-order valence-electron chi connectivity index (χ3n) is 2.65. The highest BCUT2D eigenvalue weighted by molar-refractivity contribution is 4.86. The number of rotatable bonds is 2. The summed E-state index contributed by atoms with van der Waals surface area (Å²) in [6, 6.07) is 2.63. The van der Waals surface area contributed by atoms with Crippen molar-refractivity contribution >= 4 is 0 Å². The second-order valence-electron chi connectivity index (χ2n) is 3.65. The van der Waals surface area contributed by atoms with Crippen LogP contribution >= 0.6 is 0 Å². The zero-order valence-electron chi connectivity index (χ0n) is 7.66. The first kappa shape index (κ1) is 9.50. The minimum atomic E-state index is 0.438. The van der Waals surface area contributed by atoms with Crippen LogP contribution in [-0.2, 0) is 0 Å². The summed E-state index contributed by atoms with van der Waals surface area (Å²) in [5.74, 6) is 0.772. The van der Waals surface area contributed by atoms with E-state index in [9.17, 15) is 0 Å². The maximum absolute atomic E-state index is 8.57. The number of hydrogen-bond acceptors (Lipinski definition) is 3. The van der Waals surface area contributed by atoms with E-state index in [1.807, 2.05) is 0 Å². The predicted octanol–water partition coefficient (Wildman–Crippen LogP) is 0.569. The zero-order valence-corrected chi connectivity index (χ0v) is 7.66. The zero-order chi connectivity index (χ0) is 8.97. The van der Waals surface area contributed by atoms with Crippen molar-refractivity contribution in [2.75, 3.05) is 19.6 Å². The number of nitriles is 1. The standard InChI is InChI=1S/C9H17N3/c1-8-2-4-12(5-3-10)9(6-8)7-11/h8-9H,2,4-7,11H2,1H3. The Morgan fingerprint density at radius 1 is 1.67 bits per heavy atom. The summed E-state index contributed by atoms with van der Waals surface area (Å²) in [5.41, 5.74) is 5.64. The molecule has 0 spiro atoms. The molecule has 0 aliphatic carbocycles. The van der Waals surface area contributed by atoms with Gasteiger partial charge in [-0.05, 0) is 25.3 Å². The molecule has 0 bridgehead atoms. The lowest BCUT2D eigenvalue weighted by molar-refractivity contribution is 0.138. The molecule has 0 aromatic heterocycles. The molecule has 3 nitrogen and oxygen atoms in total. The molecule has 2 unspecified atom stereocenters. The smallest absolute Gasteiger partial charge is 0.0868 e. The van der Waals surface area contributed by atoms with Gasteiger partial charge >= 0.3 is 0 Å². The monoisotopic (exact) mass is 167 g/mol. The Hall–Kier alpha value is -0.590. The van der Waals surface area contributed by atoms with E-state index in [1.165, 1.54) is 6.42 Å². The van der Waals surface area contributed by atoms with Gasteiger partial charge in [-0.1, -0.05) is 6.92 Å². The van der Waals surface area contributed by atoms with Gasteiger partial charge in [0.05, 0.1) is 12.6 Å². The molecule has 2 atom stereocenters. The van der Waals surface area contributed by atoms with Gasteiger partial charge < -0.3 is 5.73 Å². The molecule has 2 N–H and O–H groups in total. The van der Waals surface area contributed by atoms with Gasteiger partial charge in [-0.2, -0.15) is 5.26 Å². The highest BCUT2D eigenvalue weighted by Gasteiger charge is 2.24. The van der Waals surface area contributed by atoms with Crippen LogP contribution in [0.3, 0.4) is 0 Å². The maximum Gasteiger partial charge on any atom is 0.0868 e. The van der Waals surface area contributed by atoms with E-state index in [4.69, 9.17) is 11.0 Å². The second kappa shape index (κ2) is 4.44. The van der Waals surface area contributed by atoms with Crippen LogP contribution < -0.4 is 5.73 Å². The SMILES string of the molecule is CC1CCN(CC#N)C(CN)C1. The Kier molecular flexibility index (Phi) is 3.51. The predicted molar refractivity (Wildman–Crippen MR) is 48.4 cm³/mol. The van der Waals surface area contributed by atoms with Crippen molar-refractivity contribution < 1.29 is 0 Å². The Morgan fingerprint density at radius 3 is 3.00 bits per heavy atom. The van der Waals surface area contributed by atoms with Crippen molar-refractivity contribution in [3.63, 3.8) is 0 Å². The van der Waals surface area contributed by atoms with Crippen LogP contribution in [0, 0.1) is 17.2 Å². The molecule has 3 heteroatoms. The van der Waals surface area contributed by atoms with Gasteiger partial charge in [0.2, 0.25) is 0 Å². The molecule has 12 heavy (non-hydrogen) atoms. The molecular formula is C9H17N3. The molecule has 1 heterocycles. The minimum absolute atomic E-state index is 0.438. The van der Waals surface area contributed by atoms with Crippen LogP contribution in [0.1, 0.15) is 19.8 Å². The third kappa shape index (κ3) is 2.20. The Bertz CT molecular complexity index is 173. The Balaban J connectivity index is 2.45. The molecule has 68 valence electrons. The summed E-state index contributed by atoms with van der Waals surface area (Å²) < 4.78 is 0. The highest BCUT2D eigenvalue weighted by atomic mass is 15.2. The van der Waals surface area contributed by atoms with Crippen LogP contribution in [0.2, 0.25) is 0 Å². The van der Waals surface area contributed by atoms with Crippen LogP contribution in [0.5, 0.6) is 0 Å². The molecule has 1 aliphatic rings. The molecule has 0 aromatic rings. The number of nitrogens with two attached hydrogens (primary N) is 1. The van der Waals surface area contributed by atoms with E-state index in [-0.39, 0.29) is 0 Å². The number of likely N-dealkylation sites (tertiary alicyclic amines) is 1. The van der Waals surface area contributed by atoms with E-state index in [2.05, 4.69) is 17.9 Å². The molecule has 0 radical (unpaired) electrons. The lowest BCUT2D eigenvalue weighted by atomic mass is 9.92. The topological polar surface area (TPSA) is 53.0 Å². The largest absolute Gasteiger partial charge is 0.329 e. The summed E-state index contributed by atoms with van der Waals surface area (Å²) in [6.45, 7) is 4.52. The molecular weight excluding hydrogens is 150 g/mol. The molecule has 0 amide bonds. The van der Waals surface area contributed by atoms with Gasteiger partial charge in [-0.15, -0.1) is 0 Å². The van der Waals surface area contributed by atoms with Crippen molar-refractivity contribution in [2.45, 2.75) is 25.8 Å². The summed E-state index contributed by atoms with van der Waals surface area (Å²) in [4.78, 5) is 2.19. The average molecular weight is 167 g/mol. The van der Waals surface area contributed by atoms with E-state index in [0.717, 1.165) is 18.9 Å². The summed E-state index contributed by atoms with van der Waals surface area (Å²) in [5, 5.41) is 8.57. The lowest BCUT2D eigenvalue weighted by Crippen LogP contribution is -2.46. The first-order chi connectivity index (χ1) is 5.77. The maximum atomic E-state index is 8.57. The van der Waals surface area contributed by atoms with E-state index >= 15 is 0 Å². The molecule has 1 rings (SSSR count). The van der Waals surface area contributed by atoms with Gasteiger partial charge in [-0.25, -0.2) is 0 Å². The van der Waals surface area contributed by atoms with Gasteiger partial charge in [-0.3, -0.25) is 4.90 Å². The fourth-order valence-corrected chi connectivity index (χ4v) is 1.84. The fraction of sp³-hybridized carbons (Fsp3) is 0.889. The number of nitrogens with zero attached hydrogens (tertiary/aromatic N) is 2. The minimum Gasteiger partial charge on any atom is -0.329 e. The Labute approximate surface area is 74.1 Å². The van der Waals surface area contributed by atoms with Crippen molar-refractivity contribution in [3.05, 3.63) is 0 Å². The molecule has 0 saturated carbocycles. The normalized spacial score (nSPS) is 31.4. The first-order valence-corrected chi connectivity index (χ1v) is 4.59. The average Bonchev–Trinajstić information content (AvgIpc) is 2.08. The van der Waals surface area contributed by atoms with Gasteiger partial charge in [0, 0.05) is 12.6 Å². The van der Waals surface area contributed by atoms with Gasteiger partial charge in [0.1, 0.15) is 0 Å². The van der Waals surface area contributed by atoms with Crippen molar-refractivity contribution in [2.24, 2.45) is 11.7 Å². The summed E-state index contributed by atoms with van der Waals surface area (Å²) in [7, 11) is 0. The van der Waals surface area contributed by atoms with Crippen molar-refractivity contribution in [3.8, 4) is 6.07 Å². The van der Waals surface area contributed by atoms with E-state index in [0.29, 0.717) is 19.1 Å². The van der Waals surface area contributed by atoms with E-state index < -0.39 is 0 Å². The number of hydrogen-bond donors (Lipinski definition) is 1. The first-order valence-electron chi connectivity index (χ1n) is 4.59. The van der Waals surface area contributed by atoms with E-state index in [1.54, 1.807) is 0 Å². The van der Waals surface area contributed by atoms with Crippen LogP contribution in [0.15, 0.2) is 0 Å². The van der Waals surface area contributed by atoms with Crippen LogP contribution in [0.25, 0.3) is 0 Å². The van der Waals surface area contributed by atoms with Gasteiger partial charge in [0.15, 0.2) is 0 Å². The molecule has 1 fully saturated rings. The second-order valence-corrected chi connectivity index (χ2v) is 3.65. The lowest BCUT2D eigenvalue weighted by Gasteiger charge is -2.36. The van der Waals surface area contributed by atoms with Crippen molar-refractivity contribution in [1.29, 1.82) is 5.26 Å².